The number of ether oxygens (including phenoxy) is 1. The van der Waals surface area contributed by atoms with Crippen molar-refractivity contribution < 1.29 is 32.6 Å². The predicted octanol–water partition coefficient (Wildman–Crippen LogP) is 0.872. The third-order valence-electron chi connectivity index (χ3n) is 2.92. The first-order valence-corrected chi connectivity index (χ1v) is 5.73. The summed E-state index contributed by atoms with van der Waals surface area (Å²) in [7, 11) is 0. The minimum Gasteiger partial charge on any atom is -0.475 e. The highest BCUT2D eigenvalue weighted by Gasteiger charge is 2.38. The number of carboxylic acids is 1. The number of carbonyl (C=O) groups excluding carboxylic acids is 1. The number of hydrogen-bond donors (Lipinski definition) is 3. The van der Waals surface area contributed by atoms with Gasteiger partial charge in [0.1, 0.15) is 5.60 Å². The normalized spacial score (nSPS) is 21.7. The first-order chi connectivity index (χ1) is 8.75. The average molecular weight is 284 g/mol. The summed E-state index contributed by atoms with van der Waals surface area (Å²) in [6.07, 6.45) is -2.45. The van der Waals surface area contributed by atoms with E-state index in [-0.39, 0.29) is 11.7 Å². The van der Waals surface area contributed by atoms with Crippen molar-refractivity contribution in [3.8, 4) is 0 Å². The predicted molar refractivity (Wildman–Crippen MR) is 57.6 cm³/mol. The maximum Gasteiger partial charge on any atom is 0.490 e. The van der Waals surface area contributed by atoms with Crippen LogP contribution in [0, 0.1) is 0 Å². The SMILES string of the molecule is O=C(O)C(F)(F)F.O=C1NCCC2(CCNCC2)O1. The molecule has 3 N–H and O–H groups in total. The van der Waals surface area contributed by atoms with Crippen LogP contribution in [0.15, 0.2) is 0 Å². The number of carboxylic acid groups (broad SMARTS) is 1. The Balaban J connectivity index is 0.000000224. The van der Waals surface area contributed by atoms with Crippen molar-refractivity contribution in [2.45, 2.75) is 31.0 Å². The summed E-state index contributed by atoms with van der Waals surface area (Å²) < 4.78 is 37.1. The Morgan fingerprint density at radius 3 is 2.11 bits per heavy atom. The third kappa shape index (κ3) is 4.93. The molecule has 0 radical (unpaired) electrons. The van der Waals surface area contributed by atoms with Crippen molar-refractivity contribution in [1.82, 2.24) is 10.6 Å². The minimum absolute atomic E-state index is 0.145. The van der Waals surface area contributed by atoms with E-state index >= 15 is 0 Å². The lowest BCUT2D eigenvalue weighted by atomic mass is 9.88. The number of aliphatic carboxylic acids is 1. The summed E-state index contributed by atoms with van der Waals surface area (Å²) in [4.78, 5) is 19.9. The second-order valence-electron chi connectivity index (χ2n) is 4.30. The van der Waals surface area contributed by atoms with Crippen molar-refractivity contribution in [2.75, 3.05) is 19.6 Å². The van der Waals surface area contributed by atoms with Gasteiger partial charge in [0, 0.05) is 13.0 Å². The highest BCUT2D eigenvalue weighted by Crippen LogP contribution is 2.28. The number of hydrogen-bond acceptors (Lipinski definition) is 4. The van der Waals surface area contributed by atoms with E-state index in [0.29, 0.717) is 0 Å². The third-order valence-corrected chi connectivity index (χ3v) is 2.92. The lowest BCUT2D eigenvalue weighted by Crippen LogP contribution is -2.52. The summed E-state index contributed by atoms with van der Waals surface area (Å²) >= 11 is 0. The molecule has 9 heteroatoms. The molecule has 2 aliphatic heterocycles. The van der Waals surface area contributed by atoms with Gasteiger partial charge >= 0.3 is 18.2 Å². The highest BCUT2D eigenvalue weighted by atomic mass is 19.4. The molecule has 0 aromatic carbocycles. The van der Waals surface area contributed by atoms with Crippen molar-refractivity contribution in [1.29, 1.82) is 0 Å². The lowest BCUT2D eigenvalue weighted by Gasteiger charge is -2.39. The van der Waals surface area contributed by atoms with Crippen molar-refractivity contribution in [2.24, 2.45) is 0 Å². The van der Waals surface area contributed by atoms with Crippen LogP contribution in [-0.2, 0) is 9.53 Å². The topological polar surface area (TPSA) is 87.7 Å². The van der Waals surface area contributed by atoms with E-state index in [1.165, 1.54) is 0 Å². The molecule has 2 heterocycles. The molecule has 0 saturated carbocycles. The Morgan fingerprint density at radius 1 is 1.21 bits per heavy atom. The largest absolute Gasteiger partial charge is 0.490 e. The second-order valence-corrected chi connectivity index (χ2v) is 4.30. The van der Waals surface area contributed by atoms with Gasteiger partial charge in [-0.3, -0.25) is 0 Å². The number of alkyl halides is 3. The van der Waals surface area contributed by atoms with Crippen LogP contribution in [0.5, 0.6) is 0 Å². The Kier molecular flexibility index (Phi) is 4.98. The van der Waals surface area contributed by atoms with Gasteiger partial charge in [-0.1, -0.05) is 0 Å². The van der Waals surface area contributed by atoms with Gasteiger partial charge in [-0.25, -0.2) is 9.59 Å². The molecular formula is C10H15F3N2O4. The molecule has 1 amide bonds. The van der Waals surface area contributed by atoms with E-state index in [2.05, 4.69) is 10.6 Å². The van der Waals surface area contributed by atoms with Gasteiger partial charge in [0.25, 0.3) is 0 Å². The average Bonchev–Trinajstić information content (AvgIpc) is 2.29. The molecule has 0 bridgehead atoms. The van der Waals surface area contributed by atoms with Crippen molar-refractivity contribution >= 4 is 12.1 Å². The van der Waals surface area contributed by atoms with E-state index in [1.54, 1.807) is 0 Å². The quantitative estimate of drug-likeness (QED) is 0.614. The molecule has 6 nitrogen and oxygen atoms in total. The van der Waals surface area contributed by atoms with Crippen LogP contribution in [0.25, 0.3) is 0 Å². The lowest BCUT2D eigenvalue weighted by molar-refractivity contribution is -0.192. The molecule has 2 aliphatic rings. The zero-order chi connectivity index (χ0) is 14.5. The number of alkyl carbamates (subject to hydrolysis) is 1. The van der Waals surface area contributed by atoms with Crippen molar-refractivity contribution in [3.63, 3.8) is 0 Å². The maximum absolute atomic E-state index is 11.0. The summed E-state index contributed by atoms with van der Waals surface area (Å²) in [6.45, 7) is 2.69. The Hall–Kier alpha value is -1.51. The molecule has 0 aromatic rings. The van der Waals surface area contributed by atoms with Crippen LogP contribution in [0.2, 0.25) is 0 Å². The Bertz CT molecular complexity index is 335. The number of rotatable bonds is 0. The van der Waals surface area contributed by atoms with Gasteiger partial charge < -0.3 is 20.5 Å². The van der Waals surface area contributed by atoms with Gasteiger partial charge in [-0.2, -0.15) is 13.2 Å². The first kappa shape index (κ1) is 15.5. The van der Waals surface area contributed by atoms with Gasteiger partial charge in [-0.15, -0.1) is 0 Å². The molecule has 2 saturated heterocycles. The van der Waals surface area contributed by atoms with E-state index < -0.39 is 12.1 Å². The van der Waals surface area contributed by atoms with Gasteiger partial charge in [0.15, 0.2) is 0 Å². The van der Waals surface area contributed by atoms with Crippen LogP contribution in [0.4, 0.5) is 18.0 Å². The Labute approximate surface area is 107 Å². The summed E-state index contributed by atoms with van der Waals surface area (Å²) in [5.74, 6) is -2.76. The standard InChI is InChI=1S/C8H14N2O2.C2HF3O2/c11-7-10-6-3-8(12-7)1-4-9-5-2-8;3-2(4,5)1(6)7/h9H,1-6H2,(H,10,11);(H,6,7). The molecule has 0 aromatic heterocycles. The van der Waals surface area contributed by atoms with Crippen LogP contribution in [-0.4, -0.2) is 48.6 Å². The zero-order valence-electron chi connectivity index (χ0n) is 10.0. The van der Waals surface area contributed by atoms with E-state index in [9.17, 15) is 18.0 Å². The summed E-state index contributed by atoms with van der Waals surface area (Å²) in [5, 5.41) is 13.1. The monoisotopic (exact) mass is 284 g/mol. The van der Waals surface area contributed by atoms with Gasteiger partial charge in [0.2, 0.25) is 0 Å². The molecule has 19 heavy (non-hydrogen) atoms. The molecular weight excluding hydrogens is 269 g/mol. The molecule has 2 fully saturated rings. The first-order valence-electron chi connectivity index (χ1n) is 5.73. The molecule has 2 rings (SSSR count). The van der Waals surface area contributed by atoms with E-state index in [0.717, 1.165) is 38.9 Å². The fourth-order valence-corrected chi connectivity index (χ4v) is 1.91. The fraction of sp³-hybridized carbons (Fsp3) is 0.800. The molecule has 0 unspecified atom stereocenters. The number of halogens is 3. The van der Waals surface area contributed by atoms with Crippen LogP contribution >= 0.6 is 0 Å². The Morgan fingerprint density at radius 2 is 1.68 bits per heavy atom. The number of piperidine rings is 1. The minimum atomic E-state index is -5.08. The smallest absolute Gasteiger partial charge is 0.475 e. The van der Waals surface area contributed by atoms with Crippen LogP contribution in [0.1, 0.15) is 19.3 Å². The molecule has 0 atom stereocenters. The second kappa shape index (κ2) is 6.09. The molecule has 110 valence electrons. The van der Waals surface area contributed by atoms with E-state index in [4.69, 9.17) is 14.6 Å². The highest BCUT2D eigenvalue weighted by molar-refractivity contribution is 5.73. The number of amides is 1. The van der Waals surface area contributed by atoms with Crippen LogP contribution in [0.3, 0.4) is 0 Å². The van der Waals surface area contributed by atoms with Crippen molar-refractivity contribution in [3.05, 3.63) is 0 Å². The number of nitrogens with one attached hydrogen (secondary N) is 2. The maximum atomic E-state index is 11.0. The fourth-order valence-electron chi connectivity index (χ4n) is 1.91. The molecule has 0 aliphatic carbocycles. The zero-order valence-corrected chi connectivity index (χ0v) is 10.0. The van der Waals surface area contributed by atoms with E-state index in [1.807, 2.05) is 0 Å². The van der Waals surface area contributed by atoms with Gasteiger partial charge in [-0.05, 0) is 25.9 Å². The van der Waals surface area contributed by atoms with Crippen LogP contribution < -0.4 is 10.6 Å². The summed E-state index contributed by atoms with van der Waals surface area (Å²) in [5.41, 5.74) is -0.145. The number of carbonyl (C=O) groups is 2. The molecule has 1 spiro atoms. The van der Waals surface area contributed by atoms with Gasteiger partial charge in [0.05, 0.1) is 0 Å². The summed E-state index contributed by atoms with van der Waals surface area (Å²) in [6, 6.07) is 0.